The first kappa shape index (κ1) is 17.2. The maximum absolute atomic E-state index is 12.2. The van der Waals surface area contributed by atoms with Crippen LogP contribution in [0.5, 0.6) is 0 Å². The van der Waals surface area contributed by atoms with E-state index >= 15 is 0 Å². The van der Waals surface area contributed by atoms with E-state index in [1.54, 1.807) is 24.3 Å². The maximum atomic E-state index is 12.2. The first-order valence-electron chi connectivity index (χ1n) is 7.43. The molecule has 25 heavy (non-hydrogen) atoms. The number of nitrogens with zero attached hydrogens (tertiary/aromatic N) is 1. The van der Waals surface area contributed by atoms with Crippen molar-refractivity contribution in [2.75, 3.05) is 16.0 Å². The molecule has 0 radical (unpaired) electrons. The van der Waals surface area contributed by atoms with Gasteiger partial charge in [0.1, 0.15) is 0 Å². The Morgan fingerprint density at radius 2 is 1.84 bits per heavy atom. The summed E-state index contributed by atoms with van der Waals surface area (Å²) in [6, 6.07) is 10.2. The first-order chi connectivity index (χ1) is 11.9. The number of aromatic nitrogens is 1. The Hall–Kier alpha value is -2.64. The highest BCUT2D eigenvalue weighted by Gasteiger charge is 2.11. The van der Waals surface area contributed by atoms with Crippen molar-refractivity contribution in [1.82, 2.24) is 4.98 Å². The number of carbonyl (C=O) groups excluding carboxylic acids is 2. The number of benzene rings is 2. The Morgan fingerprint density at radius 1 is 1.08 bits per heavy atom. The number of hydrogen-bond donors (Lipinski definition) is 3. The summed E-state index contributed by atoms with van der Waals surface area (Å²) < 4.78 is 0.877. The lowest BCUT2D eigenvalue weighted by Gasteiger charge is -2.09. The van der Waals surface area contributed by atoms with Crippen LogP contribution in [0, 0.1) is 6.92 Å². The van der Waals surface area contributed by atoms with E-state index in [-0.39, 0.29) is 11.9 Å². The van der Waals surface area contributed by atoms with Crippen LogP contribution in [0.2, 0.25) is 5.02 Å². The van der Waals surface area contributed by atoms with Crippen LogP contribution in [-0.4, -0.2) is 16.9 Å². The molecule has 1 heterocycles. The molecule has 3 aromatic rings. The number of hydrogen-bond acceptors (Lipinski definition) is 4. The molecule has 0 aliphatic heterocycles. The van der Waals surface area contributed by atoms with Crippen LogP contribution in [0.15, 0.2) is 36.4 Å². The van der Waals surface area contributed by atoms with E-state index in [4.69, 9.17) is 11.6 Å². The molecule has 1 aromatic heterocycles. The second-order valence-electron chi connectivity index (χ2n) is 5.43. The standard InChI is InChI=1S/C17H15ClN4O2S/c1-9-6-13(8-14-15(9)22-17(25-14)19-10(2)23)21-16(24)20-12-5-3-4-11(18)7-12/h3-8H,1-2H3,(H,19,22,23)(H2,20,21,24). The number of rotatable bonds is 3. The molecule has 0 spiro atoms. The van der Waals surface area contributed by atoms with Crippen molar-refractivity contribution in [3.63, 3.8) is 0 Å². The molecule has 3 amide bonds. The number of anilines is 3. The lowest BCUT2D eigenvalue weighted by molar-refractivity contribution is -0.114. The van der Waals surface area contributed by atoms with Gasteiger partial charge in [-0.3, -0.25) is 4.79 Å². The molecule has 8 heteroatoms. The fourth-order valence-corrected chi connectivity index (χ4v) is 3.55. The summed E-state index contributed by atoms with van der Waals surface area (Å²) in [5, 5.41) is 9.27. The van der Waals surface area contributed by atoms with Crippen LogP contribution in [-0.2, 0) is 4.79 Å². The van der Waals surface area contributed by atoms with Crippen molar-refractivity contribution in [3.8, 4) is 0 Å². The molecular formula is C17H15ClN4O2S. The highest BCUT2D eigenvalue weighted by Crippen LogP contribution is 2.31. The molecule has 0 fully saturated rings. The van der Waals surface area contributed by atoms with Crippen LogP contribution in [0.4, 0.5) is 21.3 Å². The number of nitrogens with one attached hydrogen (secondary N) is 3. The number of carbonyl (C=O) groups is 2. The number of halogens is 1. The van der Waals surface area contributed by atoms with Gasteiger partial charge in [0.25, 0.3) is 0 Å². The van der Waals surface area contributed by atoms with Crippen molar-refractivity contribution in [2.24, 2.45) is 0 Å². The van der Waals surface area contributed by atoms with Gasteiger partial charge < -0.3 is 16.0 Å². The lowest BCUT2D eigenvalue weighted by Crippen LogP contribution is -2.19. The molecule has 3 rings (SSSR count). The van der Waals surface area contributed by atoms with E-state index in [0.717, 1.165) is 15.8 Å². The molecule has 0 atom stereocenters. The zero-order valence-corrected chi connectivity index (χ0v) is 15.1. The van der Waals surface area contributed by atoms with Gasteiger partial charge in [0.05, 0.1) is 10.2 Å². The summed E-state index contributed by atoms with van der Waals surface area (Å²) in [6.07, 6.45) is 0. The minimum absolute atomic E-state index is 0.170. The molecule has 6 nitrogen and oxygen atoms in total. The zero-order chi connectivity index (χ0) is 18.0. The molecular weight excluding hydrogens is 360 g/mol. The van der Waals surface area contributed by atoms with Crippen molar-refractivity contribution in [1.29, 1.82) is 0 Å². The summed E-state index contributed by atoms with van der Waals surface area (Å²) in [4.78, 5) is 27.7. The van der Waals surface area contributed by atoms with Gasteiger partial charge in [-0.25, -0.2) is 9.78 Å². The smallest absolute Gasteiger partial charge is 0.308 e. The van der Waals surface area contributed by atoms with Crippen LogP contribution < -0.4 is 16.0 Å². The van der Waals surface area contributed by atoms with E-state index in [0.29, 0.717) is 21.5 Å². The second-order valence-corrected chi connectivity index (χ2v) is 6.90. The van der Waals surface area contributed by atoms with Crippen molar-refractivity contribution < 1.29 is 9.59 Å². The summed E-state index contributed by atoms with van der Waals surface area (Å²) in [6.45, 7) is 3.34. The lowest BCUT2D eigenvalue weighted by atomic mass is 10.2. The SMILES string of the molecule is CC(=O)Nc1nc2c(C)cc(NC(=O)Nc3cccc(Cl)c3)cc2s1. The minimum atomic E-state index is -0.368. The average molecular weight is 375 g/mol. The molecule has 0 saturated carbocycles. The van der Waals surface area contributed by atoms with Gasteiger partial charge in [-0.15, -0.1) is 0 Å². The van der Waals surface area contributed by atoms with E-state index in [1.807, 2.05) is 19.1 Å². The Kier molecular flexibility index (Phi) is 4.87. The quantitative estimate of drug-likeness (QED) is 0.612. The molecule has 0 aliphatic rings. The van der Waals surface area contributed by atoms with Crippen molar-refractivity contribution in [3.05, 3.63) is 47.0 Å². The van der Waals surface area contributed by atoms with Crippen LogP contribution in [0.25, 0.3) is 10.2 Å². The molecule has 0 saturated heterocycles. The number of urea groups is 1. The monoisotopic (exact) mass is 374 g/mol. The maximum Gasteiger partial charge on any atom is 0.323 e. The van der Waals surface area contributed by atoms with Crippen LogP contribution in [0.3, 0.4) is 0 Å². The van der Waals surface area contributed by atoms with Gasteiger partial charge in [-0.1, -0.05) is 29.0 Å². The van der Waals surface area contributed by atoms with E-state index < -0.39 is 0 Å². The van der Waals surface area contributed by atoms with Gasteiger partial charge in [0, 0.05) is 23.3 Å². The summed E-state index contributed by atoms with van der Waals surface area (Å²) in [5.74, 6) is -0.170. The van der Waals surface area contributed by atoms with Crippen molar-refractivity contribution >= 4 is 61.6 Å². The van der Waals surface area contributed by atoms with Gasteiger partial charge >= 0.3 is 6.03 Å². The van der Waals surface area contributed by atoms with Gasteiger partial charge in [-0.05, 0) is 42.8 Å². The normalized spacial score (nSPS) is 10.5. The van der Waals surface area contributed by atoms with Crippen LogP contribution in [0.1, 0.15) is 12.5 Å². The fraction of sp³-hybridized carbons (Fsp3) is 0.118. The van der Waals surface area contributed by atoms with E-state index in [2.05, 4.69) is 20.9 Å². The molecule has 0 unspecified atom stereocenters. The number of aryl methyl sites for hydroxylation is 1. The predicted molar refractivity (Wildman–Crippen MR) is 103 cm³/mol. The summed E-state index contributed by atoms with van der Waals surface area (Å²) in [5.41, 5.74) is 2.95. The van der Waals surface area contributed by atoms with E-state index in [9.17, 15) is 9.59 Å². The second kappa shape index (κ2) is 7.08. The first-order valence-corrected chi connectivity index (χ1v) is 8.62. The molecule has 0 bridgehead atoms. The molecule has 2 aromatic carbocycles. The molecule has 0 aliphatic carbocycles. The third-order valence-corrected chi connectivity index (χ3v) is 4.46. The van der Waals surface area contributed by atoms with Gasteiger partial charge in [0.15, 0.2) is 5.13 Å². The third-order valence-electron chi connectivity index (χ3n) is 3.31. The summed E-state index contributed by atoms with van der Waals surface area (Å²) >= 11 is 7.26. The Labute approximate surface area is 153 Å². The highest BCUT2D eigenvalue weighted by atomic mass is 35.5. The molecule has 3 N–H and O–H groups in total. The minimum Gasteiger partial charge on any atom is -0.308 e. The Balaban J connectivity index is 1.79. The number of thiazole rings is 1. The highest BCUT2D eigenvalue weighted by molar-refractivity contribution is 7.22. The van der Waals surface area contributed by atoms with E-state index in [1.165, 1.54) is 18.3 Å². The average Bonchev–Trinajstić information content (AvgIpc) is 2.89. The summed E-state index contributed by atoms with van der Waals surface area (Å²) in [7, 11) is 0. The Morgan fingerprint density at radius 3 is 2.56 bits per heavy atom. The fourth-order valence-electron chi connectivity index (χ4n) is 2.33. The van der Waals surface area contributed by atoms with Crippen LogP contribution >= 0.6 is 22.9 Å². The zero-order valence-electron chi connectivity index (χ0n) is 13.5. The Bertz CT molecular complexity index is 970. The van der Waals surface area contributed by atoms with Gasteiger partial charge in [-0.2, -0.15) is 0 Å². The third kappa shape index (κ3) is 4.26. The number of fused-ring (bicyclic) bond motifs is 1. The largest absolute Gasteiger partial charge is 0.323 e. The number of amides is 3. The molecule has 128 valence electrons. The predicted octanol–water partition coefficient (Wildman–Crippen LogP) is 4.86. The topological polar surface area (TPSA) is 83.1 Å². The van der Waals surface area contributed by atoms with Gasteiger partial charge in [0.2, 0.25) is 5.91 Å². The van der Waals surface area contributed by atoms with Crippen molar-refractivity contribution in [2.45, 2.75) is 13.8 Å².